The number of rotatable bonds is 4. The fourth-order valence-electron chi connectivity index (χ4n) is 3.18. The number of hydrogen-bond acceptors (Lipinski definition) is 8. The van der Waals surface area contributed by atoms with Crippen LogP contribution < -0.4 is 29.6 Å². The Morgan fingerprint density at radius 1 is 0.781 bits per heavy atom. The van der Waals surface area contributed by atoms with Crippen molar-refractivity contribution in [3.05, 3.63) is 66.7 Å². The summed E-state index contributed by atoms with van der Waals surface area (Å²) in [6.07, 6.45) is 0. The first-order valence-electron chi connectivity index (χ1n) is 8.68. The van der Waals surface area contributed by atoms with Crippen LogP contribution in [0, 0.1) is 0 Å². The molecule has 12 heteroatoms. The Hall–Kier alpha value is -2.38. The molecule has 0 aliphatic carbocycles. The van der Waals surface area contributed by atoms with E-state index in [1.807, 2.05) is 18.2 Å². The molecule has 0 aliphatic rings. The van der Waals surface area contributed by atoms with E-state index in [1.165, 1.54) is 6.07 Å². The summed E-state index contributed by atoms with van der Waals surface area (Å²) in [5.41, 5.74) is 0.0948. The molecule has 0 radical (unpaired) electrons. The van der Waals surface area contributed by atoms with Gasteiger partial charge in [-0.25, -0.2) is 8.42 Å². The third kappa shape index (κ3) is 4.69. The van der Waals surface area contributed by atoms with Crippen LogP contribution in [0.1, 0.15) is 0 Å². The average Bonchev–Trinajstić information content (AvgIpc) is 2.71. The fraction of sp³-hybridized carbons (Fsp3) is 0. The van der Waals surface area contributed by atoms with E-state index >= 15 is 0 Å². The van der Waals surface area contributed by atoms with Crippen LogP contribution >= 0.6 is 0 Å². The van der Waals surface area contributed by atoms with Crippen LogP contribution in [-0.2, 0) is 20.2 Å². The minimum Gasteiger partial charge on any atom is -0.744 e. The van der Waals surface area contributed by atoms with Crippen molar-refractivity contribution in [2.45, 2.75) is 9.79 Å². The Balaban J connectivity index is 0.00000289. The maximum atomic E-state index is 11.6. The summed E-state index contributed by atoms with van der Waals surface area (Å²) in [6, 6.07) is 16.6. The Labute approximate surface area is 205 Å². The molecule has 0 amide bonds. The van der Waals surface area contributed by atoms with Crippen molar-refractivity contribution in [2.75, 3.05) is 0 Å². The summed E-state index contributed by atoms with van der Waals surface area (Å²) in [5, 5.41) is 20.2. The molecule has 4 aromatic carbocycles. The van der Waals surface area contributed by atoms with Crippen molar-refractivity contribution in [3.8, 4) is 5.75 Å². The number of phenols is 1. The molecule has 4 aromatic rings. The van der Waals surface area contributed by atoms with E-state index in [0.717, 1.165) is 29.0 Å². The first kappa shape index (κ1) is 24.3. The third-order valence-corrected chi connectivity index (χ3v) is 6.31. The molecule has 0 aromatic heterocycles. The minimum atomic E-state index is -5.13. The Bertz CT molecular complexity index is 1600. The van der Waals surface area contributed by atoms with Gasteiger partial charge in [0.25, 0.3) is 10.1 Å². The second-order valence-electron chi connectivity index (χ2n) is 6.58. The van der Waals surface area contributed by atoms with Gasteiger partial charge in [-0.15, -0.1) is 10.2 Å². The number of benzene rings is 4. The summed E-state index contributed by atoms with van der Waals surface area (Å²) >= 11 is 0. The van der Waals surface area contributed by atoms with Gasteiger partial charge in [-0.3, -0.25) is 4.55 Å². The second kappa shape index (κ2) is 8.87. The standard InChI is InChI=1S/C20H14N2O7S2.Na/c23-20-18(31(27,28)29)11-13-10-14(30(24,25)26)8-9-16(13)19(20)22-21-17-7-3-5-12-4-1-2-6-15(12)17;/h1-11,23H,(H,24,25,26)(H,27,28,29);/q;+1/p-1. The maximum absolute atomic E-state index is 11.6. The molecule has 0 aliphatic heterocycles. The van der Waals surface area contributed by atoms with Crippen molar-refractivity contribution in [2.24, 2.45) is 10.2 Å². The van der Waals surface area contributed by atoms with Gasteiger partial charge in [0.2, 0.25) is 0 Å². The Morgan fingerprint density at radius 3 is 2.16 bits per heavy atom. The van der Waals surface area contributed by atoms with Gasteiger partial charge in [-0.2, -0.15) is 8.42 Å². The molecule has 0 spiro atoms. The Morgan fingerprint density at radius 2 is 1.47 bits per heavy atom. The van der Waals surface area contributed by atoms with Gasteiger partial charge in [0.05, 0.1) is 15.5 Å². The van der Waals surface area contributed by atoms with Gasteiger partial charge >= 0.3 is 29.6 Å². The normalized spacial score (nSPS) is 12.3. The number of fused-ring (bicyclic) bond motifs is 2. The minimum absolute atomic E-state index is 0. The number of azo groups is 1. The molecule has 2 N–H and O–H groups in total. The van der Waals surface area contributed by atoms with Crippen molar-refractivity contribution in [1.29, 1.82) is 0 Å². The average molecular weight is 480 g/mol. The number of hydrogen-bond donors (Lipinski definition) is 2. The molecule has 0 unspecified atom stereocenters. The zero-order chi connectivity index (χ0) is 22.4. The van der Waals surface area contributed by atoms with Crippen molar-refractivity contribution < 1.29 is 60.6 Å². The number of aromatic hydroxyl groups is 1. The van der Waals surface area contributed by atoms with Crippen LogP contribution in [0.4, 0.5) is 11.4 Å². The predicted molar refractivity (Wildman–Crippen MR) is 112 cm³/mol. The summed E-state index contributed by atoms with van der Waals surface area (Å²) in [5.74, 6) is -0.911. The third-order valence-electron chi connectivity index (χ3n) is 4.61. The number of nitrogens with zero attached hydrogens (tertiary/aromatic N) is 2. The van der Waals surface area contributed by atoms with E-state index in [0.29, 0.717) is 5.69 Å². The largest absolute Gasteiger partial charge is 1.00 e. The zero-order valence-electron chi connectivity index (χ0n) is 16.5. The molecule has 0 atom stereocenters. The molecule has 0 saturated heterocycles. The van der Waals surface area contributed by atoms with Crippen molar-refractivity contribution in [1.82, 2.24) is 0 Å². The van der Waals surface area contributed by atoms with Crippen LogP contribution in [0.2, 0.25) is 0 Å². The van der Waals surface area contributed by atoms with Crippen LogP contribution in [0.3, 0.4) is 0 Å². The summed E-state index contributed by atoms with van der Waals surface area (Å²) in [6.45, 7) is 0. The smallest absolute Gasteiger partial charge is 0.744 e. The number of phenolic OH excluding ortho intramolecular Hbond substituents is 1. The van der Waals surface area contributed by atoms with Crippen molar-refractivity contribution >= 4 is 53.2 Å². The van der Waals surface area contributed by atoms with Crippen LogP contribution in [0.15, 0.2) is 86.7 Å². The molecule has 4 rings (SSSR count). The molecule has 32 heavy (non-hydrogen) atoms. The first-order valence-corrected chi connectivity index (χ1v) is 11.5. The summed E-state index contributed by atoms with van der Waals surface area (Å²) < 4.78 is 67.0. The van der Waals surface area contributed by atoms with E-state index < -0.39 is 35.8 Å². The molecule has 9 nitrogen and oxygen atoms in total. The maximum Gasteiger partial charge on any atom is 1.00 e. The molecule has 0 saturated carbocycles. The molecule has 0 bridgehead atoms. The zero-order valence-corrected chi connectivity index (χ0v) is 20.1. The van der Waals surface area contributed by atoms with Gasteiger partial charge < -0.3 is 9.66 Å². The Kier molecular flexibility index (Phi) is 6.72. The van der Waals surface area contributed by atoms with Gasteiger partial charge in [0.1, 0.15) is 15.8 Å². The molecular formula is C20H13N2NaO7S2. The summed E-state index contributed by atoms with van der Waals surface area (Å²) in [7, 11) is -9.72. The van der Waals surface area contributed by atoms with E-state index in [1.54, 1.807) is 24.3 Å². The van der Waals surface area contributed by atoms with Gasteiger partial charge in [0, 0.05) is 10.8 Å². The van der Waals surface area contributed by atoms with Crippen LogP contribution in [0.25, 0.3) is 21.5 Å². The monoisotopic (exact) mass is 480 g/mol. The molecular weight excluding hydrogens is 467 g/mol. The van der Waals surface area contributed by atoms with Crippen molar-refractivity contribution in [3.63, 3.8) is 0 Å². The molecule has 0 heterocycles. The SMILES string of the molecule is O=S(=O)([O-])c1cc2cc(S(=O)(=O)O)ccc2c(N=Nc2cccc3ccccc23)c1O.[Na+]. The van der Waals surface area contributed by atoms with E-state index in [2.05, 4.69) is 10.2 Å². The van der Waals surface area contributed by atoms with E-state index in [4.69, 9.17) is 0 Å². The molecule has 158 valence electrons. The predicted octanol–water partition coefficient (Wildman–Crippen LogP) is 1.27. The van der Waals surface area contributed by atoms with Crippen LogP contribution in [-0.4, -0.2) is 31.0 Å². The fourth-order valence-corrected chi connectivity index (χ4v) is 4.30. The molecule has 0 fully saturated rings. The van der Waals surface area contributed by atoms with Gasteiger partial charge in [-0.1, -0.05) is 42.5 Å². The van der Waals surface area contributed by atoms with Gasteiger partial charge in [0.15, 0.2) is 5.75 Å². The van der Waals surface area contributed by atoms with E-state index in [9.17, 15) is 31.0 Å². The second-order valence-corrected chi connectivity index (χ2v) is 9.35. The van der Waals surface area contributed by atoms with Crippen LogP contribution in [0.5, 0.6) is 5.75 Å². The topological polar surface area (TPSA) is 157 Å². The van der Waals surface area contributed by atoms with E-state index in [-0.39, 0.29) is 46.0 Å². The van der Waals surface area contributed by atoms with Gasteiger partial charge in [-0.05, 0) is 35.0 Å². The summed E-state index contributed by atoms with van der Waals surface area (Å²) in [4.78, 5) is -1.50. The first-order chi connectivity index (χ1) is 14.6. The quantitative estimate of drug-likeness (QED) is 0.253.